The quantitative estimate of drug-likeness (QED) is 0.406. The highest BCUT2D eigenvalue weighted by Crippen LogP contribution is 2.46. The molecule has 3 aromatic carbocycles. The Morgan fingerprint density at radius 2 is 1.89 bits per heavy atom. The van der Waals surface area contributed by atoms with Crippen LogP contribution in [0.3, 0.4) is 0 Å². The van der Waals surface area contributed by atoms with Crippen LogP contribution < -0.4 is 15.4 Å². The lowest BCUT2D eigenvalue weighted by Crippen LogP contribution is -2.39. The number of ether oxygens (including phenoxy) is 2. The summed E-state index contributed by atoms with van der Waals surface area (Å²) in [4.78, 5) is 13.0. The number of methoxy groups -OCH3 is 1. The number of anilines is 2. The highest BCUT2D eigenvalue weighted by Gasteiger charge is 2.47. The van der Waals surface area contributed by atoms with Gasteiger partial charge in [0.1, 0.15) is 5.75 Å². The highest BCUT2D eigenvalue weighted by molar-refractivity contribution is 6.08. The van der Waals surface area contributed by atoms with Crippen LogP contribution in [0.4, 0.5) is 11.5 Å². The molecule has 7 nitrogen and oxygen atoms in total. The van der Waals surface area contributed by atoms with Crippen molar-refractivity contribution in [1.29, 1.82) is 0 Å². The minimum atomic E-state index is -0.474. The maximum atomic E-state index is 13.0. The lowest BCUT2D eigenvalue weighted by molar-refractivity contribution is -0.124. The van der Waals surface area contributed by atoms with Gasteiger partial charge in [0, 0.05) is 31.0 Å². The summed E-state index contributed by atoms with van der Waals surface area (Å²) in [5.41, 5.74) is 6.38. The van der Waals surface area contributed by atoms with Gasteiger partial charge in [0.05, 0.1) is 17.9 Å². The van der Waals surface area contributed by atoms with Gasteiger partial charge in [-0.1, -0.05) is 35.5 Å². The minimum Gasteiger partial charge on any atom is -0.497 e. The van der Waals surface area contributed by atoms with Crippen molar-refractivity contribution in [2.24, 2.45) is 0 Å². The van der Waals surface area contributed by atoms with E-state index in [1.54, 1.807) is 7.11 Å². The third kappa shape index (κ3) is 3.54. The molecule has 3 heterocycles. The van der Waals surface area contributed by atoms with Crippen molar-refractivity contribution >= 4 is 28.4 Å². The fourth-order valence-electron chi connectivity index (χ4n) is 5.32. The molecule has 178 valence electrons. The molecule has 2 N–H and O–H groups in total. The predicted octanol–water partition coefficient (Wildman–Crippen LogP) is 5.42. The first-order valence-corrected chi connectivity index (χ1v) is 11.9. The first kappa shape index (κ1) is 21.7. The summed E-state index contributed by atoms with van der Waals surface area (Å²) in [6, 6.07) is 18.3. The average molecular weight is 470 g/mol. The van der Waals surface area contributed by atoms with Gasteiger partial charge >= 0.3 is 0 Å². The number of carbonyl (C=O) groups is 1. The summed E-state index contributed by atoms with van der Waals surface area (Å²) >= 11 is 0. The molecule has 35 heavy (non-hydrogen) atoms. The zero-order valence-corrected chi connectivity index (χ0v) is 19.8. The third-order valence-electron chi connectivity index (χ3n) is 7.32. The summed E-state index contributed by atoms with van der Waals surface area (Å²) in [7, 11) is 1.66. The Morgan fingerprint density at radius 1 is 1.09 bits per heavy atom. The Bertz CT molecular complexity index is 1420. The number of aromatic nitrogens is 1. The number of carbonyl (C=O) groups excluding carboxylic acids is 1. The highest BCUT2D eigenvalue weighted by atomic mass is 16.5. The van der Waals surface area contributed by atoms with Crippen molar-refractivity contribution < 1.29 is 18.8 Å². The zero-order valence-electron chi connectivity index (χ0n) is 19.8. The van der Waals surface area contributed by atoms with Crippen LogP contribution in [0, 0.1) is 6.92 Å². The maximum absolute atomic E-state index is 13.0. The molecule has 7 heteroatoms. The molecule has 1 saturated heterocycles. The summed E-state index contributed by atoms with van der Waals surface area (Å²) in [6.45, 7) is 3.90. The van der Waals surface area contributed by atoms with Gasteiger partial charge in [0.25, 0.3) is 0 Å². The van der Waals surface area contributed by atoms with Crippen LogP contribution in [0.5, 0.6) is 5.75 Å². The second-order valence-corrected chi connectivity index (χ2v) is 9.28. The largest absolute Gasteiger partial charge is 0.497 e. The van der Waals surface area contributed by atoms with E-state index in [9.17, 15) is 4.79 Å². The van der Waals surface area contributed by atoms with E-state index in [4.69, 9.17) is 14.0 Å². The van der Waals surface area contributed by atoms with Gasteiger partial charge in [-0.2, -0.15) is 0 Å². The smallest absolute Gasteiger partial charge is 0.235 e. The summed E-state index contributed by atoms with van der Waals surface area (Å²) in [6.07, 6.45) is 1.43. The second-order valence-electron chi connectivity index (χ2n) is 9.28. The lowest BCUT2D eigenvalue weighted by atomic mass is 9.75. The van der Waals surface area contributed by atoms with E-state index in [1.807, 2.05) is 30.3 Å². The Morgan fingerprint density at radius 3 is 2.66 bits per heavy atom. The molecule has 0 saturated carbocycles. The number of rotatable bonds is 5. The van der Waals surface area contributed by atoms with E-state index in [-0.39, 0.29) is 5.91 Å². The van der Waals surface area contributed by atoms with E-state index in [2.05, 4.69) is 47.0 Å². The lowest BCUT2D eigenvalue weighted by Gasteiger charge is -2.31. The first-order chi connectivity index (χ1) is 17.1. The number of hydrogen-bond donors (Lipinski definition) is 2. The number of nitrogens with one attached hydrogen (secondary N) is 2. The molecular weight excluding hydrogens is 442 g/mol. The van der Waals surface area contributed by atoms with Crippen LogP contribution in [0.25, 0.3) is 22.1 Å². The zero-order chi connectivity index (χ0) is 24.0. The minimum absolute atomic E-state index is 0.0764. The Kier molecular flexibility index (Phi) is 5.22. The number of fused-ring (bicyclic) bond motifs is 3. The van der Waals surface area contributed by atoms with Crippen molar-refractivity contribution in [2.45, 2.75) is 31.7 Å². The predicted molar refractivity (Wildman–Crippen MR) is 135 cm³/mol. The molecule has 0 aliphatic carbocycles. The fraction of sp³-hybridized carbons (Fsp3) is 0.286. The van der Waals surface area contributed by atoms with Crippen LogP contribution in [-0.4, -0.2) is 31.4 Å². The molecule has 1 spiro atoms. The number of nitrogens with zero attached hydrogens (tertiary/aromatic N) is 1. The molecule has 2 aliphatic rings. The van der Waals surface area contributed by atoms with Crippen molar-refractivity contribution in [1.82, 2.24) is 5.16 Å². The number of hydrogen-bond acceptors (Lipinski definition) is 6. The van der Waals surface area contributed by atoms with Crippen LogP contribution in [-0.2, 0) is 21.5 Å². The molecule has 0 atom stereocenters. The molecule has 6 rings (SSSR count). The van der Waals surface area contributed by atoms with E-state index >= 15 is 0 Å². The van der Waals surface area contributed by atoms with Gasteiger partial charge in [0.15, 0.2) is 11.4 Å². The second kappa shape index (κ2) is 8.43. The standard InChI is InChI=1S/C28H27N3O4/c1-17-3-9-21-25(35-31-26(21)29-16-18-4-7-20(33-2)8-5-18)24(17)19-6-10-22-23(15-19)30-27(32)28(22)11-13-34-14-12-28/h3-10,15H,11-14,16H2,1-2H3,(H,29,31)(H,30,32). The molecule has 0 unspecified atom stereocenters. The van der Waals surface area contributed by atoms with E-state index in [0.29, 0.717) is 38.4 Å². The molecule has 1 fully saturated rings. The molecule has 1 aromatic heterocycles. The fourth-order valence-corrected chi connectivity index (χ4v) is 5.32. The van der Waals surface area contributed by atoms with Crippen LogP contribution in [0.1, 0.15) is 29.5 Å². The molecule has 0 bridgehead atoms. The van der Waals surface area contributed by atoms with Gasteiger partial charge in [-0.15, -0.1) is 0 Å². The van der Waals surface area contributed by atoms with Crippen molar-refractivity contribution in [3.63, 3.8) is 0 Å². The van der Waals surface area contributed by atoms with Crippen molar-refractivity contribution in [3.8, 4) is 16.9 Å². The average Bonchev–Trinajstić information content (AvgIpc) is 3.41. The molecule has 1 amide bonds. The van der Waals surface area contributed by atoms with Gasteiger partial charge in [-0.3, -0.25) is 4.79 Å². The monoisotopic (exact) mass is 469 g/mol. The van der Waals surface area contributed by atoms with Crippen molar-refractivity contribution in [3.05, 3.63) is 71.3 Å². The van der Waals surface area contributed by atoms with Crippen LogP contribution >= 0.6 is 0 Å². The summed E-state index contributed by atoms with van der Waals surface area (Å²) < 4.78 is 16.6. The SMILES string of the molecule is COc1ccc(CNc2noc3c(-c4ccc5c(c4)NC(=O)C54CCOCC4)c(C)ccc23)cc1. The van der Waals surface area contributed by atoms with Gasteiger partial charge in [-0.25, -0.2) is 0 Å². The molecule has 0 radical (unpaired) electrons. The Labute approximate surface area is 203 Å². The molecule has 2 aliphatic heterocycles. The first-order valence-electron chi connectivity index (χ1n) is 11.9. The summed E-state index contributed by atoms with van der Waals surface area (Å²) in [5.74, 6) is 1.61. The normalized spacial score (nSPS) is 16.3. The van der Waals surface area contributed by atoms with E-state index in [0.717, 1.165) is 50.2 Å². The summed E-state index contributed by atoms with van der Waals surface area (Å²) in [5, 5.41) is 11.8. The van der Waals surface area contributed by atoms with Crippen LogP contribution in [0.2, 0.25) is 0 Å². The molecule has 4 aromatic rings. The van der Waals surface area contributed by atoms with Gasteiger partial charge in [0.2, 0.25) is 5.91 Å². The maximum Gasteiger partial charge on any atom is 0.235 e. The molecular formula is C28H27N3O4. The van der Waals surface area contributed by atoms with E-state index in [1.165, 1.54) is 0 Å². The van der Waals surface area contributed by atoms with Gasteiger partial charge in [-0.05, 0) is 66.3 Å². The number of aryl methyl sites for hydroxylation is 1. The Hall–Kier alpha value is -3.84. The number of amides is 1. The number of benzene rings is 3. The Balaban J connectivity index is 1.33. The van der Waals surface area contributed by atoms with Crippen molar-refractivity contribution in [2.75, 3.05) is 31.0 Å². The van der Waals surface area contributed by atoms with Crippen LogP contribution in [0.15, 0.2) is 59.1 Å². The third-order valence-corrected chi connectivity index (χ3v) is 7.32. The topological polar surface area (TPSA) is 85.6 Å². The van der Waals surface area contributed by atoms with E-state index < -0.39 is 5.41 Å². The van der Waals surface area contributed by atoms with Gasteiger partial charge < -0.3 is 24.6 Å².